The van der Waals surface area contributed by atoms with Crippen molar-refractivity contribution in [1.82, 2.24) is 10.6 Å². The van der Waals surface area contributed by atoms with Gasteiger partial charge in [0.1, 0.15) is 6.04 Å². The molecule has 4 nitrogen and oxygen atoms in total. The fraction of sp³-hybridized carbons (Fsp3) is 0.364. The van der Waals surface area contributed by atoms with Crippen molar-refractivity contribution in [2.75, 3.05) is 12.0 Å². The average molecular weight is 385 g/mol. The van der Waals surface area contributed by atoms with Crippen molar-refractivity contribution in [2.45, 2.75) is 38.3 Å². The first-order valence-corrected chi connectivity index (χ1v) is 10.7. The Balaban J connectivity index is 1.89. The summed E-state index contributed by atoms with van der Waals surface area (Å²) < 4.78 is 0. The van der Waals surface area contributed by atoms with Crippen molar-refractivity contribution in [3.8, 4) is 0 Å². The van der Waals surface area contributed by atoms with Crippen molar-refractivity contribution in [3.05, 3.63) is 71.8 Å². The fourth-order valence-corrected chi connectivity index (χ4v) is 3.25. The molecule has 0 aliphatic rings. The fourth-order valence-electron chi connectivity index (χ4n) is 2.78. The molecule has 2 atom stereocenters. The van der Waals surface area contributed by atoms with Gasteiger partial charge >= 0.3 is 0 Å². The molecule has 27 heavy (non-hydrogen) atoms. The first kappa shape index (κ1) is 21.0. The third-order valence-corrected chi connectivity index (χ3v) is 5.01. The van der Waals surface area contributed by atoms with E-state index in [-0.39, 0.29) is 17.9 Å². The van der Waals surface area contributed by atoms with E-state index < -0.39 is 6.04 Å². The topological polar surface area (TPSA) is 58.2 Å². The molecule has 0 fully saturated rings. The van der Waals surface area contributed by atoms with Gasteiger partial charge in [-0.2, -0.15) is 11.8 Å². The Labute approximate surface area is 166 Å². The lowest BCUT2D eigenvalue weighted by atomic mass is 10.1. The minimum absolute atomic E-state index is 0.0445. The Morgan fingerprint density at radius 2 is 1.56 bits per heavy atom. The average Bonchev–Trinajstić information content (AvgIpc) is 2.70. The van der Waals surface area contributed by atoms with Crippen LogP contribution < -0.4 is 10.6 Å². The van der Waals surface area contributed by atoms with Crippen LogP contribution in [0.15, 0.2) is 60.7 Å². The summed E-state index contributed by atoms with van der Waals surface area (Å²) in [7, 11) is 0. The lowest BCUT2D eigenvalue weighted by Crippen LogP contribution is -2.49. The Morgan fingerprint density at radius 1 is 0.926 bits per heavy atom. The number of hydrogen-bond donors (Lipinski definition) is 2. The predicted octanol–water partition coefficient (Wildman–Crippen LogP) is 3.68. The van der Waals surface area contributed by atoms with Gasteiger partial charge in [-0.05, 0) is 55.9 Å². The number of amides is 2. The van der Waals surface area contributed by atoms with Gasteiger partial charge in [-0.25, -0.2) is 0 Å². The molecule has 2 unspecified atom stereocenters. The highest BCUT2D eigenvalue weighted by Gasteiger charge is 2.22. The Morgan fingerprint density at radius 3 is 2.19 bits per heavy atom. The van der Waals surface area contributed by atoms with Crippen LogP contribution in [0.3, 0.4) is 0 Å². The molecule has 2 rings (SSSR count). The van der Waals surface area contributed by atoms with Gasteiger partial charge in [0, 0.05) is 11.6 Å². The summed E-state index contributed by atoms with van der Waals surface area (Å²) in [4.78, 5) is 25.1. The smallest absolute Gasteiger partial charge is 0.251 e. The highest BCUT2D eigenvalue weighted by atomic mass is 32.2. The third kappa shape index (κ3) is 7.47. The molecule has 0 saturated heterocycles. The number of nitrogens with one attached hydrogen (secondary N) is 2. The van der Waals surface area contributed by atoms with Gasteiger partial charge in [-0.3, -0.25) is 9.59 Å². The largest absolute Gasteiger partial charge is 0.352 e. The number of carbonyl (C=O) groups is 2. The molecule has 0 aromatic heterocycles. The van der Waals surface area contributed by atoms with Crippen molar-refractivity contribution in [3.63, 3.8) is 0 Å². The Kier molecular flexibility index (Phi) is 8.92. The molecule has 5 heteroatoms. The van der Waals surface area contributed by atoms with E-state index in [1.165, 1.54) is 5.56 Å². The maximum Gasteiger partial charge on any atom is 0.251 e. The second kappa shape index (κ2) is 11.4. The van der Waals surface area contributed by atoms with Crippen LogP contribution in [0.2, 0.25) is 0 Å². The SMILES string of the molecule is CSCCC(NC(=O)c1ccccc1)C(=O)NC(C)CCc1ccccc1. The number of carbonyl (C=O) groups excluding carboxylic acids is 2. The van der Waals surface area contributed by atoms with E-state index in [9.17, 15) is 9.59 Å². The van der Waals surface area contributed by atoms with E-state index in [4.69, 9.17) is 0 Å². The Hall–Kier alpha value is -2.27. The van der Waals surface area contributed by atoms with Crippen LogP contribution in [-0.4, -0.2) is 35.9 Å². The van der Waals surface area contributed by atoms with Gasteiger partial charge in [0.05, 0.1) is 0 Å². The van der Waals surface area contributed by atoms with E-state index >= 15 is 0 Å². The normalized spacial score (nSPS) is 12.8. The number of benzene rings is 2. The lowest BCUT2D eigenvalue weighted by Gasteiger charge is -2.21. The summed E-state index contributed by atoms with van der Waals surface area (Å²) in [5.41, 5.74) is 1.83. The molecule has 0 bridgehead atoms. The maximum absolute atomic E-state index is 12.7. The zero-order valence-electron chi connectivity index (χ0n) is 16.0. The highest BCUT2D eigenvalue weighted by Crippen LogP contribution is 2.07. The molecule has 2 aromatic carbocycles. The molecule has 0 aliphatic carbocycles. The first-order chi connectivity index (χ1) is 13.1. The Bertz CT molecular complexity index is 707. The van der Waals surface area contributed by atoms with Crippen molar-refractivity contribution >= 4 is 23.6 Å². The molecule has 0 spiro atoms. The van der Waals surface area contributed by atoms with Crippen molar-refractivity contribution in [2.24, 2.45) is 0 Å². The van der Waals surface area contributed by atoms with Crippen LogP contribution in [0.4, 0.5) is 0 Å². The molecular weight excluding hydrogens is 356 g/mol. The quantitative estimate of drug-likeness (QED) is 0.657. The molecular formula is C22H28N2O2S. The van der Waals surface area contributed by atoms with Crippen LogP contribution in [0.25, 0.3) is 0 Å². The second-order valence-corrected chi connectivity index (χ2v) is 7.59. The van der Waals surface area contributed by atoms with Gasteiger partial charge in [-0.1, -0.05) is 48.5 Å². The summed E-state index contributed by atoms with van der Waals surface area (Å²) in [6.45, 7) is 2.01. The number of aryl methyl sites for hydroxylation is 1. The van der Waals surface area contributed by atoms with Crippen LogP contribution in [0.1, 0.15) is 35.7 Å². The van der Waals surface area contributed by atoms with E-state index in [1.54, 1.807) is 23.9 Å². The summed E-state index contributed by atoms with van der Waals surface area (Å²) >= 11 is 1.67. The number of thioether (sulfide) groups is 1. The van der Waals surface area contributed by atoms with Crippen molar-refractivity contribution in [1.29, 1.82) is 0 Å². The van der Waals surface area contributed by atoms with Gasteiger partial charge in [0.15, 0.2) is 0 Å². The summed E-state index contributed by atoms with van der Waals surface area (Å²) in [6.07, 6.45) is 4.37. The molecule has 2 N–H and O–H groups in total. The van der Waals surface area contributed by atoms with Gasteiger partial charge in [0.2, 0.25) is 5.91 Å². The zero-order valence-corrected chi connectivity index (χ0v) is 16.8. The van der Waals surface area contributed by atoms with E-state index in [2.05, 4.69) is 22.8 Å². The third-order valence-electron chi connectivity index (χ3n) is 4.37. The molecule has 0 heterocycles. The lowest BCUT2D eigenvalue weighted by molar-refractivity contribution is -0.123. The number of hydrogen-bond acceptors (Lipinski definition) is 3. The molecule has 0 radical (unpaired) electrons. The van der Waals surface area contributed by atoms with E-state index in [1.807, 2.05) is 49.6 Å². The van der Waals surface area contributed by atoms with Crippen LogP contribution in [0.5, 0.6) is 0 Å². The molecule has 2 amide bonds. The molecule has 144 valence electrons. The van der Waals surface area contributed by atoms with Crippen LogP contribution >= 0.6 is 11.8 Å². The molecule has 2 aromatic rings. The monoisotopic (exact) mass is 384 g/mol. The summed E-state index contributed by atoms with van der Waals surface area (Å²) in [5.74, 6) is 0.480. The predicted molar refractivity (Wildman–Crippen MR) is 113 cm³/mol. The van der Waals surface area contributed by atoms with Crippen LogP contribution in [-0.2, 0) is 11.2 Å². The number of rotatable bonds is 10. The van der Waals surface area contributed by atoms with E-state index in [0.717, 1.165) is 18.6 Å². The summed E-state index contributed by atoms with van der Waals surface area (Å²) in [5, 5.41) is 5.94. The minimum Gasteiger partial charge on any atom is -0.352 e. The van der Waals surface area contributed by atoms with Gasteiger partial charge < -0.3 is 10.6 Å². The molecule has 0 aliphatic heterocycles. The van der Waals surface area contributed by atoms with Crippen molar-refractivity contribution < 1.29 is 9.59 Å². The van der Waals surface area contributed by atoms with E-state index in [0.29, 0.717) is 12.0 Å². The minimum atomic E-state index is -0.524. The standard InChI is InChI=1S/C22H28N2O2S/c1-17(13-14-18-9-5-3-6-10-18)23-22(26)20(15-16-27-2)24-21(25)19-11-7-4-8-12-19/h3-12,17,20H,13-16H2,1-2H3,(H,23,26)(H,24,25). The molecule has 0 saturated carbocycles. The van der Waals surface area contributed by atoms with Gasteiger partial charge in [0.25, 0.3) is 5.91 Å². The maximum atomic E-state index is 12.7. The van der Waals surface area contributed by atoms with Gasteiger partial charge in [-0.15, -0.1) is 0 Å². The first-order valence-electron chi connectivity index (χ1n) is 9.29. The highest BCUT2D eigenvalue weighted by molar-refractivity contribution is 7.98. The van der Waals surface area contributed by atoms with Crippen LogP contribution in [0, 0.1) is 0 Å². The summed E-state index contributed by atoms with van der Waals surface area (Å²) in [6, 6.07) is 18.8. The zero-order chi connectivity index (χ0) is 19.5. The second-order valence-electron chi connectivity index (χ2n) is 6.61.